The molecule has 58 valence electrons. The molecule has 1 aliphatic rings. The standard InChI is InChI=1S/C7H13NO2/c1-4-5(2)7(6(4)3)8(9)10/h4-7H,1-3H3. The molecule has 2 unspecified atom stereocenters. The summed E-state index contributed by atoms with van der Waals surface area (Å²) in [4.78, 5) is 10.2. The minimum Gasteiger partial charge on any atom is -0.264 e. The molecular formula is C7H13NO2. The van der Waals surface area contributed by atoms with Gasteiger partial charge in [-0.1, -0.05) is 20.8 Å². The van der Waals surface area contributed by atoms with Gasteiger partial charge in [0, 0.05) is 16.8 Å². The fourth-order valence-electron chi connectivity index (χ4n) is 1.82. The molecule has 0 aromatic heterocycles. The molecule has 1 saturated carbocycles. The van der Waals surface area contributed by atoms with E-state index >= 15 is 0 Å². The summed E-state index contributed by atoms with van der Waals surface area (Å²) in [6.45, 7) is 5.99. The van der Waals surface area contributed by atoms with Gasteiger partial charge in [-0.3, -0.25) is 10.1 Å². The van der Waals surface area contributed by atoms with E-state index in [-0.39, 0.29) is 22.8 Å². The van der Waals surface area contributed by atoms with Crippen molar-refractivity contribution in [1.82, 2.24) is 0 Å². The molecule has 0 heterocycles. The fraction of sp³-hybridized carbons (Fsp3) is 1.00. The Bertz CT molecular complexity index is 148. The number of nitrogens with zero attached hydrogens (tertiary/aromatic N) is 1. The van der Waals surface area contributed by atoms with Crippen molar-refractivity contribution in [2.45, 2.75) is 26.8 Å². The number of rotatable bonds is 1. The van der Waals surface area contributed by atoms with Gasteiger partial charge in [0.1, 0.15) is 0 Å². The molecule has 0 bridgehead atoms. The summed E-state index contributed by atoms with van der Waals surface area (Å²) in [5.41, 5.74) is 0. The first-order chi connectivity index (χ1) is 4.55. The van der Waals surface area contributed by atoms with E-state index in [0.717, 1.165) is 0 Å². The highest BCUT2D eigenvalue weighted by Gasteiger charge is 2.50. The molecule has 0 aromatic carbocycles. The summed E-state index contributed by atoms with van der Waals surface area (Å²) in [6.07, 6.45) is 0. The Morgan fingerprint density at radius 2 is 1.50 bits per heavy atom. The molecule has 1 rings (SSSR count). The van der Waals surface area contributed by atoms with Crippen molar-refractivity contribution in [2.75, 3.05) is 0 Å². The third-order valence-electron chi connectivity index (χ3n) is 2.98. The normalized spacial score (nSPS) is 46.3. The van der Waals surface area contributed by atoms with Crippen molar-refractivity contribution in [3.63, 3.8) is 0 Å². The van der Waals surface area contributed by atoms with Gasteiger partial charge in [-0.15, -0.1) is 0 Å². The van der Waals surface area contributed by atoms with E-state index in [1.807, 2.05) is 13.8 Å². The van der Waals surface area contributed by atoms with Crippen LogP contribution < -0.4 is 0 Å². The maximum absolute atomic E-state index is 10.4. The van der Waals surface area contributed by atoms with Gasteiger partial charge in [0.15, 0.2) is 0 Å². The van der Waals surface area contributed by atoms with Gasteiger partial charge in [-0.05, 0) is 5.92 Å². The molecule has 1 aliphatic carbocycles. The molecule has 2 atom stereocenters. The van der Waals surface area contributed by atoms with Crippen LogP contribution in [0, 0.1) is 27.9 Å². The van der Waals surface area contributed by atoms with Gasteiger partial charge in [0.05, 0.1) is 0 Å². The minimum absolute atomic E-state index is 0.144. The molecule has 1 fully saturated rings. The van der Waals surface area contributed by atoms with Crippen LogP contribution in [0.4, 0.5) is 0 Å². The highest BCUT2D eigenvalue weighted by atomic mass is 16.6. The van der Waals surface area contributed by atoms with E-state index in [2.05, 4.69) is 6.92 Å². The summed E-state index contributed by atoms with van der Waals surface area (Å²) in [6, 6.07) is -0.282. The minimum atomic E-state index is -0.282. The zero-order chi connectivity index (χ0) is 7.89. The Balaban J connectivity index is 2.57. The van der Waals surface area contributed by atoms with Crippen molar-refractivity contribution in [2.24, 2.45) is 17.8 Å². The molecule has 0 spiro atoms. The van der Waals surface area contributed by atoms with Gasteiger partial charge in [-0.2, -0.15) is 0 Å². The predicted octanol–water partition coefficient (Wildman–Crippen LogP) is 1.55. The SMILES string of the molecule is CC1C(C)C([N+](=O)[O-])C1C. The molecular weight excluding hydrogens is 130 g/mol. The second kappa shape index (κ2) is 2.22. The van der Waals surface area contributed by atoms with E-state index in [1.165, 1.54) is 0 Å². The highest BCUT2D eigenvalue weighted by Crippen LogP contribution is 2.41. The van der Waals surface area contributed by atoms with Crippen LogP contribution in [0.25, 0.3) is 0 Å². The molecule has 0 aromatic rings. The van der Waals surface area contributed by atoms with Gasteiger partial charge >= 0.3 is 0 Å². The quantitative estimate of drug-likeness (QED) is 0.413. The van der Waals surface area contributed by atoms with Crippen molar-refractivity contribution in [3.05, 3.63) is 10.1 Å². The van der Waals surface area contributed by atoms with Crippen LogP contribution in [-0.2, 0) is 0 Å². The molecule has 0 N–H and O–H groups in total. The van der Waals surface area contributed by atoms with Crippen molar-refractivity contribution in [1.29, 1.82) is 0 Å². The first kappa shape index (κ1) is 7.51. The van der Waals surface area contributed by atoms with Crippen LogP contribution >= 0.6 is 0 Å². The zero-order valence-electron chi connectivity index (χ0n) is 6.57. The summed E-state index contributed by atoms with van der Waals surface area (Å²) >= 11 is 0. The average molecular weight is 143 g/mol. The van der Waals surface area contributed by atoms with E-state index in [4.69, 9.17) is 0 Å². The monoisotopic (exact) mass is 143 g/mol. The van der Waals surface area contributed by atoms with Gasteiger partial charge < -0.3 is 0 Å². The lowest BCUT2D eigenvalue weighted by atomic mass is 9.63. The van der Waals surface area contributed by atoms with E-state index in [1.54, 1.807) is 0 Å². The number of hydrogen-bond acceptors (Lipinski definition) is 2. The average Bonchev–Trinajstić information content (AvgIpc) is 1.87. The fourth-order valence-corrected chi connectivity index (χ4v) is 1.82. The first-order valence-electron chi connectivity index (χ1n) is 3.69. The van der Waals surface area contributed by atoms with Crippen LogP contribution in [0.2, 0.25) is 0 Å². The summed E-state index contributed by atoms with van der Waals surface area (Å²) < 4.78 is 0. The number of nitro groups is 1. The highest BCUT2D eigenvalue weighted by molar-refractivity contribution is 4.90. The Morgan fingerprint density at radius 3 is 1.70 bits per heavy atom. The van der Waals surface area contributed by atoms with Gasteiger partial charge in [0.25, 0.3) is 0 Å². The lowest BCUT2D eigenvalue weighted by Gasteiger charge is -2.40. The first-order valence-corrected chi connectivity index (χ1v) is 3.69. The second-order valence-corrected chi connectivity index (χ2v) is 3.35. The topological polar surface area (TPSA) is 43.1 Å². The summed E-state index contributed by atoms with van der Waals surface area (Å²) in [5, 5.41) is 10.4. The summed E-state index contributed by atoms with van der Waals surface area (Å²) in [7, 11) is 0. The second-order valence-electron chi connectivity index (χ2n) is 3.35. The predicted molar refractivity (Wildman–Crippen MR) is 38.3 cm³/mol. The van der Waals surface area contributed by atoms with Crippen molar-refractivity contribution >= 4 is 0 Å². The van der Waals surface area contributed by atoms with Crippen molar-refractivity contribution < 1.29 is 4.92 Å². The lowest BCUT2D eigenvalue weighted by Crippen LogP contribution is -2.51. The van der Waals surface area contributed by atoms with Crippen LogP contribution in [0.3, 0.4) is 0 Å². The van der Waals surface area contributed by atoms with E-state index < -0.39 is 0 Å². The maximum atomic E-state index is 10.4. The maximum Gasteiger partial charge on any atom is 0.218 e. The third-order valence-corrected chi connectivity index (χ3v) is 2.98. The van der Waals surface area contributed by atoms with Crippen molar-refractivity contribution in [3.8, 4) is 0 Å². The van der Waals surface area contributed by atoms with Gasteiger partial charge in [0.2, 0.25) is 6.04 Å². The molecule has 0 amide bonds. The van der Waals surface area contributed by atoms with Gasteiger partial charge in [-0.25, -0.2) is 0 Å². The molecule has 3 heteroatoms. The Morgan fingerprint density at radius 1 is 1.10 bits per heavy atom. The molecule has 0 radical (unpaired) electrons. The largest absolute Gasteiger partial charge is 0.264 e. The Kier molecular flexibility index (Phi) is 1.67. The van der Waals surface area contributed by atoms with Crippen LogP contribution in [0.15, 0.2) is 0 Å². The van der Waals surface area contributed by atoms with Crippen LogP contribution in [0.1, 0.15) is 20.8 Å². The molecule has 0 saturated heterocycles. The molecule has 3 nitrogen and oxygen atoms in total. The molecule has 10 heavy (non-hydrogen) atoms. The van der Waals surface area contributed by atoms with Crippen LogP contribution in [0.5, 0.6) is 0 Å². The van der Waals surface area contributed by atoms with Crippen LogP contribution in [-0.4, -0.2) is 11.0 Å². The summed E-state index contributed by atoms with van der Waals surface area (Å²) in [5.74, 6) is 1.06. The third kappa shape index (κ3) is 0.805. The number of hydrogen-bond donors (Lipinski definition) is 0. The van der Waals surface area contributed by atoms with E-state index in [0.29, 0.717) is 5.92 Å². The molecule has 0 aliphatic heterocycles. The van der Waals surface area contributed by atoms with E-state index in [9.17, 15) is 10.1 Å². The zero-order valence-corrected chi connectivity index (χ0v) is 6.57. The lowest BCUT2D eigenvalue weighted by molar-refractivity contribution is -0.564. The smallest absolute Gasteiger partial charge is 0.218 e. The Hall–Kier alpha value is -0.600. The Labute approximate surface area is 60.6 Å².